The third kappa shape index (κ3) is 4.47. The molecule has 29 heavy (non-hydrogen) atoms. The number of sulfonamides is 1. The van der Waals surface area contributed by atoms with Crippen LogP contribution in [0, 0.1) is 0 Å². The number of methoxy groups -OCH3 is 1. The topological polar surface area (TPSA) is 83.9 Å². The Labute approximate surface area is 172 Å². The van der Waals surface area contributed by atoms with E-state index in [9.17, 15) is 13.2 Å². The summed E-state index contributed by atoms with van der Waals surface area (Å²) < 4.78 is 33.3. The van der Waals surface area contributed by atoms with Gasteiger partial charge in [-0.15, -0.1) is 0 Å². The molecule has 0 saturated carbocycles. The van der Waals surface area contributed by atoms with Gasteiger partial charge in [0.15, 0.2) is 0 Å². The highest BCUT2D eigenvalue weighted by molar-refractivity contribution is 7.89. The number of carbonyl (C=O) groups excluding carboxylic acids is 1. The summed E-state index contributed by atoms with van der Waals surface area (Å²) in [5.74, 6) is 0.209. The van der Waals surface area contributed by atoms with Crippen LogP contribution in [0.1, 0.15) is 24.6 Å². The lowest BCUT2D eigenvalue weighted by molar-refractivity contribution is -0.117. The van der Waals surface area contributed by atoms with Crippen LogP contribution in [-0.4, -0.2) is 62.4 Å². The zero-order chi connectivity index (χ0) is 21.2. The summed E-state index contributed by atoms with van der Waals surface area (Å²) in [6.45, 7) is 1.07. The van der Waals surface area contributed by atoms with Crippen LogP contribution in [-0.2, 0) is 21.9 Å². The first-order valence-electron chi connectivity index (χ1n) is 9.49. The standard InChI is InChI=1S/C20H28N4O4S/c1-22(2)29(26,27)15-9-10-19(28-4)16(13-15)21-20(25)14-24-12-6-8-18(24)17-7-5-11-23(17)3/h5,7,9-11,13,18H,6,8,12,14H2,1-4H3,(H,21,25)/t18-/m1/s1. The van der Waals surface area contributed by atoms with Gasteiger partial charge in [-0.05, 0) is 49.7 Å². The van der Waals surface area contributed by atoms with Crippen molar-refractivity contribution in [3.8, 4) is 5.75 Å². The number of ether oxygens (including phenoxy) is 1. The summed E-state index contributed by atoms with van der Waals surface area (Å²) in [4.78, 5) is 15.0. The molecule has 0 aliphatic carbocycles. The van der Waals surface area contributed by atoms with E-state index in [0.29, 0.717) is 11.4 Å². The molecule has 1 aromatic heterocycles. The molecule has 1 amide bonds. The zero-order valence-corrected chi connectivity index (χ0v) is 18.1. The lowest BCUT2D eigenvalue weighted by atomic mass is 10.1. The smallest absolute Gasteiger partial charge is 0.242 e. The van der Waals surface area contributed by atoms with Gasteiger partial charge in [0.25, 0.3) is 0 Å². The molecular formula is C20H28N4O4S. The molecule has 0 bridgehead atoms. The molecule has 1 N–H and O–H groups in total. The maximum absolute atomic E-state index is 12.8. The number of nitrogens with one attached hydrogen (secondary N) is 1. The van der Waals surface area contributed by atoms with Crippen LogP contribution in [0.25, 0.3) is 0 Å². The highest BCUT2D eigenvalue weighted by Crippen LogP contribution is 2.32. The number of amides is 1. The van der Waals surface area contributed by atoms with Crippen molar-refractivity contribution in [2.45, 2.75) is 23.8 Å². The van der Waals surface area contributed by atoms with E-state index in [1.165, 1.54) is 39.0 Å². The minimum absolute atomic E-state index is 0.0986. The van der Waals surface area contributed by atoms with E-state index in [1.807, 2.05) is 19.3 Å². The van der Waals surface area contributed by atoms with Crippen LogP contribution < -0.4 is 10.1 Å². The highest BCUT2D eigenvalue weighted by Gasteiger charge is 2.29. The fourth-order valence-electron chi connectivity index (χ4n) is 3.70. The molecule has 3 rings (SSSR count). The summed E-state index contributed by atoms with van der Waals surface area (Å²) in [5, 5.41) is 2.82. The number of hydrogen-bond acceptors (Lipinski definition) is 5. The Balaban J connectivity index is 1.77. The zero-order valence-electron chi connectivity index (χ0n) is 17.3. The normalized spacial score (nSPS) is 17.6. The minimum Gasteiger partial charge on any atom is -0.495 e. The summed E-state index contributed by atoms with van der Waals surface area (Å²) in [6.07, 6.45) is 4.04. The van der Waals surface area contributed by atoms with Gasteiger partial charge in [-0.1, -0.05) is 0 Å². The van der Waals surface area contributed by atoms with Gasteiger partial charge in [0.05, 0.1) is 30.3 Å². The van der Waals surface area contributed by atoms with E-state index in [0.717, 1.165) is 23.7 Å². The number of aromatic nitrogens is 1. The average molecular weight is 421 g/mol. The highest BCUT2D eigenvalue weighted by atomic mass is 32.2. The van der Waals surface area contributed by atoms with Crippen molar-refractivity contribution in [2.24, 2.45) is 7.05 Å². The van der Waals surface area contributed by atoms with E-state index >= 15 is 0 Å². The Morgan fingerprint density at radius 3 is 2.69 bits per heavy atom. The van der Waals surface area contributed by atoms with Gasteiger partial charge in [0.2, 0.25) is 15.9 Å². The van der Waals surface area contributed by atoms with Crippen LogP contribution in [0.5, 0.6) is 5.75 Å². The number of nitrogens with zero attached hydrogens (tertiary/aromatic N) is 3. The summed E-state index contributed by atoms with van der Waals surface area (Å²) in [6, 6.07) is 8.74. The molecule has 2 aromatic rings. The predicted octanol–water partition coefficient (Wildman–Crippen LogP) is 2.06. The fraction of sp³-hybridized carbons (Fsp3) is 0.450. The summed E-state index contributed by atoms with van der Waals surface area (Å²) >= 11 is 0. The second-order valence-corrected chi connectivity index (χ2v) is 9.52. The molecule has 9 heteroatoms. The molecule has 0 unspecified atom stereocenters. The molecule has 1 aromatic carbocycles. The third-order valence-electron chi connectivity index (χ3n) is 5.26. The second kappa shape index (κ2) is 8.56. The number of hydrogen-bond donors (Lipinski definition) is 1. The van der Waals surface area contributed by atoms with Crippen molar-refractivity contribution < 1.29 is 17.9 Å². The Bertz CT molecular complexity index is 984. The van der Waals surface area contributed by atoms with Crippen molar-refractivity contribution in [3.05, 3.63) is 42.2 Å². The van der Waals surface area contributed by atoms with Gasteiger partial charge in [0, 0.05) is 33.0 Å². The van der Waals surface area contributed by atoms with Gasteiger partial charge >= 0.3 is 0 Å². The van der Waals surface area contributed by atoms with E-state index in [4.69, 9.17) is 4.74 Å². The van der Waals surface area contributed by atoms with Crippen molar-refractivity contribution in [2.75, 3.05) is 39.6 Å². The van der Waals surface area contributed by atoms with Gasteiger partial charge in [0.1, 0.15) is 5.75 Å². The molecule has 1 saturated heterocycles. The van der Waals surface area contributed by atoms with Gasteiger partial charge in [-0.2, -0.15) is 0 Å². The fourth-order valence-corrected chi connectivity index (χ4v) is 4.63. The lowest BCUT2D eigenvalue weighted by Gasteiger charge is -2.24. The quantitative estimate of drug-likeness (QED) is 0.741. The molecule has 8 nitrogen and oxygen atoms in total. The van der Waals surface area contributed by atoms with Crippen LogP contribution in [0.3, 0.4) is 0 Å². The van der Waals surface area contributed by atoms with Crippen molar-refractivity contribution in [3.63, 3.8) is 0 Å². The van der Waals surface area contributed by atoms with E-state index < -0.39 is 10.0 Å². The molecule has 1 aliphatic rings. The third-order valence-corrected chi connectivity index (χ3v) is 7.07. The summed E-state index contributed by atoms with van der Waals surface area (Å²) in [5.41, 5.74) is 1.53. The molecular weight excluding hydrogens is 392 g/mol. The van der Waals surface area contributed by atoms with Crippen LogP contribution in [0.4, 0.5) is 5.69 Å². The molecule has 158 valence electrons. The predicted molar refractivity (Wildman–Crippen MR) is 111 cm³/mol. The molecule has 1 fully saturated rings. The SMILES string of the molecule is COc1ccc(S(=O)(=O)N(C)C)cc1NC(=O)CN1CCC[C@@H]1c1cccn1C. The number of aryl methyl sites for hydroxylation is 1. The summed E-state index contributed by atoms with van der Waals surface area (Å²) in [7, 11) is 2.81. The van der Waals surface area contributed by atoms with Crippen LogP contribution in [0.15, 0.2) is 41.4 Å². The largest absolute Gasteiger partial charge is 0.495 e. The van der Waals surface area contributed by atoms with E-state index in [2.05, 4.69) is 20.9 Å². The Morgan fingerprint density at radius 2 is 2.07 bits per heavy atom. The number of likely N-dealkylation sites (tertiary alicyclic amines) is 1. The van der Waals surface area contributed by atoms with Gasteiger partial charge in [-0.25, -0.2) is 12.7 Å². The Hall–Kier alpha value is -2.36. The number of carbonyl (C=O) groups is 1. The molecule has 2 heterocycles. The van der Waals surface area contributed by atoms with Crippen LogP contribution in [0.2, 0.25) is 0 Å². The molecule has 1 aliphatic heterocycles. The number of rotatable bonds is 7. The number of benzene rings is 1. The minimum atomic E-state index is -3.61. The molecule has 0 radical (unpaired) electrons. The first kappa shape index (κ1) is 21.4. The average Bonchev–Trinajstić information content (AvgIpc) is 3.29. The van der Waals surface area contributed by atoms with Crippen molar-refractivity contribution >= 4 is 21.6 Å². The first-order chi connectivity index (χ1) is 13.7. The van der Waals surface area contributed by atoms with Crippen LogP contribution >= 0.6 is 0 Å². The van der Waals surface area contributed by atoms with Gasteiger partial charge in [-0.3, -0.25) is 9.69 Å². The Kier molecular flexibility index (Phi) is 6.30. The Morgan fingerprint density at radius 1 is 1.31 bits per heavy atom. The van der Waals surface area contributed by atoms with Crippen molar-refractivity contribution in [1.82, 2.24) is 13.8 Å². The maximum Gasteiger partial charge on any atom is 0.242 e. The van der Waals surface area contributed by atoms with Gasteiger partial charge < -0.3 is 14.6 Å². The lowest BCUT2D eigenvalue weighted by Crippen LogP contribution is -2.33. The number of anilines is 1. The maximum atomic E-state index is 12.8. The molecule has 0 spiro atoms. The first-order valence-corrected chi connectivity index (χ1v) is 10.9. The van der Waals surface area contributed by atoms with Crippen molar-refractivity contribution in [1.29, 1.82) is 0 Å². The van der Waals surface area contributed by atoms with E-state index in [-0.39, 0.29) is 23.4 Å². The van der Waals surface area contributed by atoms with E-state index in [1.54, 1.807) is 6.07 Å². The second-order valence-electron chi connectivity index (χ2n) is 7.37. The monoisotopic (exact) mass is 420 g/mol. The molecule has 1 atom stereocenters.